The van der Waals surface area contributed by atoms with Crippen molar-refractivity contribution in [3.05, 3.63) is 17.8 Å². The van der Waals surface area contributed by atoms with E-state index < -0.39 is 5.97 Å². The molecule has 2 aliphatic carbocycles. The van der Waals surface area contributed by atoms with Crippen LogP contribution in [0.15, 0.2) is 12.1 Å². The third-order valence-corrected chi connectivity index (χ3v) is 3.63. The number of ether oxygens (including phenoxy) is 1. The van der Waals surface area contributed by atoms with Gasteiger partial charge in [0.15, 0.2) is 5.69 Å². The molecule has 1 aromatic rings. The van der Waals surface area contributed by atoms with Crippen LogP contribution in [0.5, 0.6) is 0 Å². The maximum absolute atomic E-state index is 11.2. The lowest BCUT2D eigenvalue weighted by atomic mass is 10.1. The zero-order chi connectivity index (χ0) is 12.5. The number of rotatable bonds is 5. The van der Waals surface area contributed by atoms with Gasteiger partial charge in [0.25, 0.3) is 0 Å². The molecule has 1 heterocycles. The minimum absolute atomic E-state index is 0.248. The van der Waals surface area contributed by atoms with Crippen molar-refractivity contribution in [1.82, 2.24) is 10.2 Å². The second kappa shape index (κ2) is 4.55. The molecule has 3 rings (SSSR count). The van der Waals surface area contributed by atoms with E-state index in [0.29, 0.717) is 6.04 Å². The Bertz CT molecular complexity index is 426. The molecule has 0 bridgehead atoms. The van der Waals surface area contributed by atoms with Gasteiger partial charge in [0.1, 0.15) is 5.82 Å². The highest BCUT2D eigenvalue weighted by Crippen LogP contribution is 2.45. The number of esters is 1. The summed E-state index contributed by atoms with van der Waals surface area (Å²) in [4.78, 5) is 11.2. The van der Waals surface area contributed by atoms with Crippen molar-refractivity contribution < 1.29 is 9.53 Å². The zero-order valence-corrected chi connectivity index (χ0v) is 10.4. The third-order valence-electron chi connectivity index (χ3n) is 3.63. The largest absolute Gasteiger partial charge is 0.464 e. The molecule has 0 radical (unpaired) electrons. The maximum Gasteiger partial charge on any atom is 0.358 e. The Morgan fingerprint density at radius 1 is 1.28 bits per heavy atom. The summed E-state index contributed by atoms with van der Waals surface area (Å²) in [6, 6.07) is 4.00. The van der Waals surface area contributed by atoms with E-state index in [1.807, 2.05) is 0 Å². The van der Waals surface area contributed by atoms with E-state index in [4.69, 9.17) is 0 Å². The van der Waals surface area contributed by atoms with Crippen LogP contribution in [0, 0.1) is 11.8 Å². The summed E-state index contributed by atoms with van der Waals surface area (Å²) in [6.45, 7) is 0. The van der Waals surface area contributed by atoms with E-state index in [0.717, 1.165) is 17.7 Å². The highest BCUT2D eigenvalue weighted by Gasteiger charge is 2.41. The summed E-state index contributed by atoms with van der Waals surface area (Å²) in [7, 11) is 1.34. The van der Waals surface area contributed by atoms with Gasteiger partial charge in [-0.2, -0.15) is 0 Å². The first-order chi connectivity index (χ1) is 8.78. The normalized spacial score (nSPS) is 18.8. The van der Waals surface area contributed by atoms with Crippen molar-refractivity contribution in [3.8, 4) is 0 Å². The molecule has 2 aliphatic rings. The Kier molecular flexibility index (Phi) is 2.89. The van der Waals surface area contributed by atoms with Crippen molar-refractivity contribution >= 4 is 11.8 Å². The van der Waals surface area contributed by atoms with E-state index in [1.54, 1.807) is 12.1 Å². The van der Waals surface area contributed by atoms with E-state index in [9.17, 15) is 4.79 Å². The average molecular weight is 247 g/mol. The van der Waals surface area contributed by atoms with Gasteiger partial charge in [-0.15, -0.1) is 10.2 Å². The van der Waals surface area contributed by atoms with Crippen LogP contribution in [-0.4, -0.2) is 29.3 Å². The third kappa shape index (κ3) is 2.44. The monoisotopic (exact) mass is 247 g/mol. The minimum Gasteiger partial charge on any atom is -0.464 e. The minimum atomic E-state index is -0.449. The van der Waals surface area contributed by atoms with Gasteiger partial charge in [-0.3, -0.25) is 0 Å². The van der Waals surface area contributed by atoms with E-state index >= 15 is 0 Å². The summed E-state index contributed by atoms with van der Waals surface area (Å²) in [5, 5.41) is 11.4. The predicted molar refractivity (Wildman–Crippen MR) is 66.2 cm³/mol. The summed E-state index contributed by atoms with van der Waals surface area (Å²) in [5.74, 6) is 1.92. The first-order valence-corrected chi connectivity index (χ1v) is 6.46. The van der Waals surface area contributed by atoms with E-state index in [1.165, 1.54) is 32.8 Å². The average Bonchev–Trinajstić information content (AvgIpc) is 3.29. The lowest BCUT2D eigenvalue weighted by Gasteiger charge is -2.17. The van der Waals surface area contributed by atoms with E-state index in [-0.39, 0.29) is 5.69 Å². The van der Waals surface area contributed by atoms with Crippen LogP contribution >= 0.6 is 0 Å². The summed E-state index contributed by atoms with van der Waals surface area (Å²) in [6.07, 6.45) is 5.29. The van der Waals surface area contributed by atoms with Gasteiger partial charge in [0, 0.05) is 6.04 Å². The molecule has 0 saturated heterocycles. The molecule has 18 heavy (non-hydrogen) atoms. The molecule has 0 spiro atoms. The van der Waals surface area contributed by atoms with Gasteiger partial charge in [-0.25, -0.2) is 4.79 Å². The molecule has 1 N–H and O–H groups in total. The maximum atomic E-state index is 11.2. The number of anilines is 1. The van der Waals surface area contributed by atoms with Gasteiger partial charge in [0.05, 0.1) is 7.11 Å². The number of hydrogen-bond acceptors (Lipinski definition) is 5. The van der Waals surface area contributed by atoms with Crippen molar-refractivity contribution in [2.45, 2.75) is 31.7 Å². The molecule has 5 heteroatoms. The molecule has 96 valence electrons. The lowest BCUT2D eigenvalue weighted by molar-refractivity contribution is 0.0593. The molecule has 2 fully saturated rings. The topological polar surface area (TPSA) is 64.1 Å². The molecular weight excluding hydrogens is 230 g/mol. The lowest BCUT2D eigenvalue weighted by Crippen LogP contribution is -2.25. The molecule has 0 atom stereocenters. The number of carbonyl (C=O) groups excluding carboxylic acids is 1. The van der Waals surface area contributed by atoms with Gasteiger partial charge >= 0.3 is 5.97 Å². The van der Waals surface area contributed by atoms with Crippen molar-refractivity contribution in [3.63, 3.8) is 0 Å². The van der Waals surface area contributed by atoms with Crippen molar-refractivity contribution in [2.75, 3.05) is 12.4 Å². The number of carbonyl (C=O) groups is 1. The van der Waals surface area contributed by atoms with Crippen LogP contribution in [0.3, 0.4) is 0 Å². The molecule has 0 amide bonds. The summed E-state index contributed by atoms with van der Waals surface area (Å²) < 4.78 is 4.59. The van der Waals surface area contributed by atoms with Crippen molar-refractivity contribution in [2.24, 2.45) is 11.8 Å². The van der Waals surface area contributed by atoms with E-state index in [2.05, 4.69) is 20.3 Å². The van der Waals surface area contributed by atoms with Crippen LogP contribution in [0.2, 0.25) is 0 Å². The SMILES string of the molecule is COC(=O)c1ccc(NC(C2CC2)C2CC2)nn1. The van der Waals surface area contributed by atoms with Crippen LogP contribution in [0.4, 0.5) is 5.82 Å². The number of hydrogen-bond donors (Lipinski definition) is 1. The highest BCUT2D eigenvalue weighted by atomic mass is 16.5. The van der Waals surface area contributed by atoms with Crippen LogP contribution in [-0.2, 0) is 4.74 Å². The van der Waals surface area contributed by atoms with Gasteiger partial charge < -0.3 is 10.1 Å². The molecule has 5 nitrogen and oxygen atoms in total. The van der Waals surface area contributed by atoms with Crippen LogP contribution in [0.25, 0.3) is 0 Å². The summed E-state index contributed by atoms with van der Waals surface area (Å²) >= 11 is 0. The fourth-order valence-electron chi connectivity index (χ4n) is 2.32. The highest BCUT2D eigenvalue weighted by molar-refractivity contribution is 5.86. The standard InChI is InChI=1S/C13H17N3O2/c1-18-13(17)10-6-7-11(16-15-10)14-12(8-2-3-8)9-4-5-9/h6-9,12H,2-5H2,1H3,(H,14,16). The number of nitrogens with one attached hydrogen (secondary N) is 1. The smallest absolute Gasteiger partial charge is 0.358 e. The second-order valence-corrected chi connectivity index (χ2v) is 5.14. The van der Waals surface area contributed by atoms with Crippen molar-refractivity contribution in [1.29, 1.82) is 0 Å². The van der Waals surface area contributed by atoms with Gasteiger partial charge in [0.2, 0.25) is 0 Å². The molecule has 0 aromatic carbocycles. The zero-order valence-electron chi connectivity index (χ0n) is 10.4. The quantitative estimate of drug-likeness (QED) is 0.805. The Hall–Kier alpha value is -1.65. The molecular formula is C13H17N3O2. The number of methoxy groups -OCH3 is 1. The van der Waals surface area contributed by atoms with Gasteiger partial charge in [-0.1, -0.05) is 0 Å². The fraction of sp³-hybridized carbons (Fsp3) is 0.615. The first-order valence-electron chi connectivity index (χ1n) is 6.46. The Morgan fingerprint density at radius 2 is 1.94 bits per heavy atom. The van der Waals surface area contributed by atoms with Gasteiger partial charge in [-0.05, 0) is 49.7 Å². The van der Waals surface area contributed by atoms with Crippen LogP contribution in [0.1, 0.15) is 36.2 Å². The summed E-state index contributed by atoms with van der Waals surface area (Å²) in [5.41, 5.74) is 0.248. The molecule has 2 saturated carbocycles. The Morgan fingerprint density at radius 3 is 2.39 bits per heavy atom. The second-order valence-electron chi connectivity index (χ2n) is 5.14. The molecule has 1 aromatic heterocycles. The Balaban J connectivity index is 1.66. The van der Waals surface area contributed by atoms with Crippen LogP contribution < -0.4 is 5.32 Å². The first kappa shape index (κ1) is 11.4. The number of nitrogens with zero attached hydrogens (tertiary/aromatic N) is 2. The number of aromatic nitrogens is 2. The molecule has 0 unspecified atom stereocenters. The fourth-order valence-corrected chi connectivity index (χ4v) is 2.32. The molecule has 0 aliphatic heterocycles. The predicted octanol–water partition coefficient (Wildman–Crippen LogP) is 1.86. The Labute approximate surface area is 106 Å².